The number of aromatic nitrogens is 2. The Morgan fingerprint density at radius 3 is 2.73 bits per heavy atom. The Labute approximate surface area is 193 Å². The molecule has 0 aliphatic rings. The normalized spacial score (nSPS) is 11.2. The molecule has 0 aliphatic carbocycles. The van der Waals surface area contributed by atoms with Gasteiger partial charge in [-0.3, -0.25) is 4.79 Å². The van der Waals surface area contributed by atoms with E-state index in [0.717, 1.165) is 34.2 Å². The predicted octanol–water partition coefficient (Wildman–Crippen LogP) is 5.45. The lowest BCUT2D eigenvalue weighted by atomic mass is 10.1. The van der Waals surface area contributed by atoms with E-state index in [2.05, 4.69) is 51.3 Å². The highest BCUT2D eigenvalue weighted by atomic mass is 16.5. The molecule has 2 aromatic heterocycles. The number of nitrogens with zero attached hydrogens (tertiary/aromatic N) is 1. The van der Waals surface area contributed by atoms with Crippen LogP contribution in [0.15, 0.2) is 91.3 Å². The second-order valence-corrected chi connectivity index (χ2v) is 8.21. The molecule has 2 heterocycles. The predicted molar refractivity (Wildman–Crippen MR) is 132 cm³/mol. The minimum atomic E-state index is 0.0631. The number of para-hydroxylation sites is 1. The van der Waals surface area contributed by atoms with Gasteiger partial charge in [0, 0.05) is 48.9 Å². The van der Waals surface area contributed by atoms with Crippen LogP contribution in [0.25, 0.3) is 21.8 Å². The average molecular weight is 438 g/mol. The third-order valence-corrected chi connectivity index (χ3v) is 5.96. The van der Waals surface area contributed by atoms with Crippen molar-refractivity contribution in [2.24, 2.45) is 0 Å². The van der Waals surface area contributed by atoms with Crippen LogP contribution in [0.5, 0.6) is 5.75 Å². The molecule has 0 saturated heterocycles. The van der Waals surface area contributed by atoms with Gasteiger partial charge in [0.15, 0.2) is 0 Å². The highest BCUT2D eigenvalue weighted by molar-refractivity contribution is 5.83. The molecule has 3 aromatic carbocycles. The summed E-state index contributed by atoms with van der Waals surface area (Å²) in [6.07, 6.45) is 5.31. The number of benzene rings is 3. The van der Waals surface area contributed by atoms with Gasteiger partial charge in [-0.2, -0.15) is 0 Å². The Morgan fingerprint density at radius 2 is 1.82 bits per heavy atom. The molecular weight excluding hydrogens is 410 g/mol. The molecule has 33 heavy (non-hydrogen) atoms. The summed E-state index contributed by atoms with van der Waals surface area (Å²) in [5, 5.41) is 5.41. The zero-order valence-corrected chi connectivity index (χ0v) is 18.5. The maximum atomic E-state index is 12.4. The average Bonchev–Trinajstić information content (AvgIpc) is 3.46. The lowest BCUT2D eigenvalue weighted by molar-refractivity contribution is -0.121. The molecule has 0 aliphatic heterocycles. The van der Waals surface area contributed by atoms with Gasteiger partial charge in [-0.1, -0.05) is 48.5 Å². The SMILES string of the molecule is O=C(CCn1ccc2ccc(OCc3ccccc3)cc21)NCCc1c[nH]c2ccccc12. The molecule has 0 atom stereocenters. The van der Waals surface area contributed by atoms with Gasteiger partial charge in [0.05, 0.1) is 5.52 Å². The quantitative estimate of drug-likeness (QED) is 0.322. The molecule has 0 bridgehead atoms. The number of hydrogen-bond donors (Lipinski definition) is 2. The van der Waals surface area contributed by atoms with E-state index in [0.29, 0.717) is 26.1 Å². The van der Waals surface area contributed by atoms with Gasteiger partial charge in [0.2, 0.25) is 5.91 Å². The maximum Gasteiger partial charge on any atom is 0.221 e. The lowest BCUT2D eigenvalue weighted by Gasteiger charge is -2.09. The van der Waals surface area contributed by atoms with Gasteiger partial charge in [0.25, 0.3) is 0 Å². The fourth-order valence-electron chi connectivity index (χ4n) is 4.17. The molecule has 166 valence electrons. The molecule has 1 amide bonds. The molecule has 5 heteroatoms. The molecule has 0 spiro atoms. The van der Waals surface area contributed by atoms with Gasteiger partial charge in [-0.05, 0) is 47.2 Å². The molecular formula is C28H27N3O2. The molecule has 5 aromatic rings. The maximum absolute atomic E-state index is 12.4. The van der Waals surface area contributed by atoms with E-state index < -0.39 is 0 Å². The number of aromatic amines is 1. The number of hydrogen-bond acceptors (Lipinski definition) is 2. The smallest absolute Gasteiger partial charge is 0.221 e. The fourth-order valence-corrected chi connectivity index (χ4v) is 4.17. The van der Waals surface area contributed by atoms with E-state index in [1.807, 2.05) is 54.9 Å². The minimum Gasteiger partial charge on any atom is -0.489 e. The van der Waals surface area contributed by atoms with Crippen LogP contribution in [-0.2, 0) is 24.4 Å². The van der Waals surface area contributed by atoms with Crippen molar-refractivity contribution in [3.63, 3.8) is 0 Å². The number of fused-ring (bicyclic) bond motifs is 2. The van der Waals surface area contributed by atoms with Crippen LogP contribution in [0, 0.1) is 0 Å². The molecule has 0 radical (unpaired) electrons. The number of H-pyrrole nitrogens is 1. The van der Waals surface area contributed by atoms with Crippen molar-refractivity contribution in [2.75, 3.05) is 6.54 Å². The van der Waals surface area contributed by atoms with E-state index in [-0.39, 0.29) is 5.91 Å². The summed E-state index contributed by atoms with van der Waals surface area (Å²) >= 11 is 0. The molecule has 0 unspecified atom stereocenters. The van der Waals surface area contributed by atoms with E-state index in [4.69, 9.17) is 4.74 Å². The zero-order chi connectivity index (χ0) is 22.5. The van der Waals surface area contributed by atoms with Crippen LogP contribution in [0.3, 0.4) is 0 Å². The van der Waals surface area contributed by atoms with E-state index in [9.17, 15) is 4.79 Å². The molecule has 0 fully saturated rings. The Bertz CT molecular complexity index is 1370. The van der Waals surface area contributed by atoms with Crippen molar-refractivity contribution < 1.29 is 9.53 Å². The molecule has 2 N–H and O–H groups in total. The van der Waals surface area contributed by atoms with Crippen LogP contribution >= 0.6 is 0 Å². The monoisotopic (exact) mass is 437 g/mol. The molecule has 5 nitrogen and oxygen atoms in total. The summed E-state index contributed by atoms with van der Waals surface area (Å²) in [6, 6.07) is 26.5. The Hall–Kier alpha value is -3.99. The Balaban J connectivity index is 1.14. The summed E-state index contributed by atoms with van der Waals surface area (Å²) in [4.78, 5) is 15.7. The van der Waals surface area contributed by atoms with E-state index in [1.54, 1.807) is 0 Å². The van der Waals surface area contributed by atoms with Gasteiger partial charge in [-0.25, -0.2) is 0 Å². The first-order valence-electron chi connectivity index (χ1n) is 11.3. The van der Waals surface area contributed by atoms with Crippen LogP contribution in [-0.4, -0.2) is 22.0 Å². The zero-order valence-electron chi connectivity index (χ0n) is 18.5. The van der Waals surface area contributed by atoms with E-state index >= 15 is 0 Å². The second kappa shape index (κ2) is 9.65. The number of aryl methyl sites for hydroxylation is 1. The summed E-state index contributed by atoms with van der Waals surface area (Å²) < 4.78 is 8.09. The van der Waals surface area contributed by atoms with Crippen molar-refractivity contribution in [2.45, 2.75) is 26.0 Å². The fraction of sp³-hybridized carbons (Fsp3) is 0.179. The third kappa shape index (κ3) is 4.93. The van der Waals surface area contributed by atoms with Gasteiger partial charge in [0.1, 0.15) is 12.4 Å². The summed E-state index contributed by atoms with van der Waals surface area (Å²) in [6.45, 7) is 1.79. The first kappa shape index (κ1) is 20.9. The van der Waals surface area contributed by atoms with Gasteiger partial charge < -0.3 is 19.6 Å². The highest BCUT2D eigenvalue weighted by Gasteiger charge is 2.08. The van der Waals surface area contributed by atoms with Crippen molar-refractivity contribution in [1.29, 1.82) is 0 Å². The highest BCUT2D eigenvalue weighted by Crippen LogP contribution is 2.23. The van der Waals surface area contributed by atoms with Gasteiger partial charge in [-0.15, -0.1) is 0 Å². The Kier molecular flexibility index (Phi) is 6.11. The third-order valence-electron chi connectivity index (χ3n) is 5.96. The lowest BCUT2D eigenvalue weighted by Crippen LogP contribution is -2.26. The first-order valence-corrected chi connectivity index (χ1v) is 11.3. The van der Waals surface area contributed by atoms with Crippen LogP contribution in [0.1, 0.15) is 17.5 Å². The van der Waals surface area contributed by atoms with Crippen LogP contribution < -0.4 is 10.1 Å². The van der Waals surface area contributed by atoms with Crippen molar-refractivity contribution in [1.82, 2.24) is 14.9 Å². The number of ether oxygens (including phenoxy) is 1. The number of amides is 1. The largest absolute Gasteiger partial charge is 0.489 e. The van der Waals surface area contributed by atoms with Crippen LogP contribution in [0.4, 0.5) is 0 Å². The summed E-state index contributed by atoms with van der Waals surface area (Å²) in [7, 11) is 0. The standard InChI is InChI=1S/C28H27N3O2/c32-28(29-15-12-23-19-30-26-9-5-4-8-25(23)26)14-17-31-16-13-22-10-11-24(18-27(22)31)33-20-21-6-2-1-3-7-21/h1-11,13,16,18-19,30H,12,14-15,17,20H2,(H,29,32). The first-order chi connectivity index (χ1) is 16.3. The number of nitrogens with one attached hydrogen (secondary N) is 2. The number of carbonyl (C=O) groups is 1. The van der Waals surface area contributed by atoms with Crippen molar-refractivity contribution in [3.8, 4) is 5.75 Å². The van der Waals surface area contributed by atoms with Crippen molar-refractivity contribution in [3.05, 3.63) is 102 Å². The summed E-state index contributed by atoms with van der Waals surface area (Å²) in [5.74, 6) is 0.891. The number of rotatable bonds is 9. The minimum absolute atomic E-state index is 0.0631. The Morgan fingerprint density at radius 1 is 0.970 bits per heavy atom. The van der Waals surface area contributed by atoms with Crippen LogP contribution in [0.2, 0.25) is 0 Å². The second-order valence-electron chi connectivity index (χ2n) is 8.21. The van der Waals surface area contributed by atoms with E-state index in [1.165, 1.54) is 10.9 Å². The molecule has 5 rings (SSSR count). The topological polar surface area (TPSA) is 59.0 Å². The summed E-state index contributed by atoms with van der Waals surface area (Å²) in [5.41, 5.74) is 4.57. The van der Waals surface area contributed by atoms with Crippen molar-refractivity contribution >= 4 is 27.7 Å². The number of carbonyl (C=O) groups excluding carboxylic acids is 1. The molecule has 0 saturated carbocycles. The van der Waals surface area contributed by atoms with Gasteiger partial charge >= 0.3 is 0 Å².